The van der Waals surface area contributed by atoms with Gasteiger partial charge in [-0.2, -0.15) is 0 Å². The lowest BCUT2D eigenvalue weighted by Gasteiger charge is -2.36. The number of aryl methyl sites for hydroxylation is 1. The number of aromatic hydroxyl groups is 1. The molecule has 184 valence electrons. The zero-order valence-electron chi connectivity index (χ0n) is 20.7. The first kappa shape index (κ1) is 26.5. The molecule has 1 saturated carbocycles. The Labute approximate surface area is 197 Å². The molecule has 1 fully saturated rings. The van der Waals surface area contributed by atoms with E-state index in [1.165, 1.54) is 4.90 Å². The predicted molar refractivity (Wildman–Crippen MR) is 127 cm³/mol. The van der Waals surface area contributed by atoms with Crippen LogP contribution in [0.2, 0.25) is 0 Å². The van der Waals surface area contributed by atoms with Gasteiger partial charge in [0.15, 0.2) is 0 Å². The zero-order chi connectivity index (χ0) is 24.8. The number of para-hydroxylation sites is 1. The van der Waals surface area contributed by atoms with E-state index in [4.69, 9.17) is 4.74 Å². The van der Waals surface area contributed by atoms with Gasteiger partial charge in [0.2, 0.25) is 11.8 Å². The van der Waals surface area contributed by atoms with Crippen LogP contribution in [0.3, 0.4) is 0 Å². The van der Waals surface area contributed by atoms with Crippen molar-refractivity contribution in [3.8, 4) is 5.75 Å². The van der Waals surface area contributed by atoms with Gasteiger partial charge in [0.25, 0.3) is 0 Å². The SMILES string of the molecule is Cc1cccc(C(C(=O)NC2CCCCC2)N(C(=O)CNC(=O)OC(C)(C)C)C(C)C)c1O. The molecule has 0 bridgehead atoms. The maximum atomic E-state index is 13.5. The second-order valence-corrected chi connectivity index (χ2v) is 10.0. The topological polar surface area (TPSA) is 108 Å². The molecule has 1 aromatic carbocycles. The molecule has 1 aromatic rings. The predicted octanol–water partition coefficient (Wildman–Crippen LogP) is 3.95. The number of ether oxygens (including phenoxy) is 1. The van der Waals surface area contributed by atoms with Crippen molar-refractivity contribution in [2.24, 2.45) is 0 Å². The molecule has 3 N–H and O–H groups in total. The minimum Gasteiger partial charge on any atom is -0.507 e. The molecule has 33 heavy (non-hydrogen) atoms. The van der Waals surface area contributed by atoms with Gasteiger partial charge in [0, 0.05) is 17.6 Å². The van der Waals surface area contributed by atoms with Gasteiger partial charge < -0.3 is 25.4 Å². The number of nitrogens with one attached hydrogen (secondary N) is 2. The molecule has 0 saturated heterocycles. The maximum Gasteiger partial charge on any atom is 0.408 e. The third kappa shape index (κ3) is 7.65. The van der Waals surface area contributed by atoms with Gasteiger partial charge in [-0.1, -0.05) is 37.5 Å². The number of hydrogen-bond donors (Lipinski definition) is 3. The van der Waals surface area contributed by atoms with Gasteiger partial charge in [-0.05, 0) is 59.9 Å². The standard InChI is InChI=1S/C25H39N3O5/c1-16(2)28(20(29)15-26-24(32)33-25(4,5)6)21(19-14-10-11-17(3)22(19)30)23(31)27-18-12-8-7-9-13-18/h10-11,14,16,18,21,30H,7-9,12-13,15H2,1-6H3,(H,26,32)(H,27,31). The van der Waals surface area contributed by atoms with Gasteiger partial charge in [-0.15, -0.1) is 0 Å². The molecule has 8 heteroatoms. The summed E-state index contributed by atoms with van der Waals surface area (Å²) in [6.07, 6.45) is 4.35. The van der Waals surface area contributed by atoms with Crippen LogP contribution in [-0.4, -0.2) is 52.1 Å². The van der Waals surface area contributed by atoms with Crippen molar-refractivity contribution < 1.29 is 24.2 Å². The number of hydrogen-bond acceptors (Lipinski definition) is 5. The second-order valence-electron chi connectivity index (χ2n) is 10.0. The van der Waals surface area contributed by atoms with Crippen LogP contribution in [0, 0.1) is 6.92 Å². The Morgan fingerprint density at radius 3 is 2.36 bits per heavy atom. The number of phenolic OH excluding ortho intramolecular Hbond substituents is 1. The van der Waals surface area contributed by atoms with Crippen LogP contribution in [0.5, 0.6) is 5.75 Å². The summed E-state index contributed by atoms with van der Waals surface area (Å²) in [4.78, 5) is 40.3. The molecule has 1 aliphatic rings. The van der Waals surface area contributed by atoms with Gasteiger partial charge in [0.05, 0.1) is 0 Å². The summed E-state index contributed by atoms with van der Waals surface area (Å²) in [5.41, 5.74) is 0.286. The second kappa shape index (κ2) is 11.4. The Morgan fingerprint density at radius 2 is 1.79 bits per heavy atom. The molecular weight excluding hydrogens is 422 g/mol. The summed E-state index contributed by atoms with van der Waals surface area (Å²) in [5, 5.41) is 16.3. The number of carbonyl (C=O) groups is 3. The van der Waals surface area contributed by atoms with Crippen molar-refractivity contribution in [2.45, 2.75) is 97.4 Å². The lowest BCUT2D eigenvalue weighted by molar-refractivity contribution is -0.142. The monoisotopic (exact) mass is 461 g/mol. The van der Waals surface area contributed by atoms with E-state index in [-0.39, 0.29) is 30.3 Å². The third-order valence-corrected chi connectivity index (χ3v) is 5.67. The van der Waals surface area contributed by atoms with Crippen LogP contribution in [-0.2, 0) is 14.3 Å². The highest BCUT2D eigenvalue weighted by Gasteiger charge is 2.36. The van der Waals surface area contributed by atoms with E-state index in [0.29, 0.717) is 11.1 Å². The first-order valence-corrected chi connectivity index (χ1v) is 11.8. The maximum absolute atomic E-state index is 13.5. The summed E-state index contributed by atoms with van der Waals surface area (Å²) in [6, 6.07) is 3.83. The lowest BCUT2D eigenvalue weighted by atomic mass is 9.94. The number of alkyl carbamates (subject to hydrolysis) is 1. The van der Waals surface area contributed by atoms with Crippen LogP contribution >= 0.6 is 0 Å². The van der Waals surface area contributed by atoms with Gasteiger partial charge in [0.1, 0.15) is 23.9 Å². The number of benzene rings is 1. The fraction of sp³-hybridized carbons (Fsp3) is 0.640. The number of nitrogens with zero attached hydrogens (tertiary/aromatic N) is 1. The number of carbonyl (C=O) groups excluding carboxylic acids is 3. The molecule has 0 spiro atoms. The van der Waals surface area contributed by atoms with E-state index in [9.17, 15) is 19.5 Å². The molecular formula is C25H39N3O5. The fourth-order valence-corrected chi connectivity index (χ4v) is 4.13. The summed E-state index contributed by atoms with van der Waals surface area (Å²) in [7, 11) is 0. The van der Waals surface area contributed by atoms with Crippen LogP contribution in [0.1, 0.15) is 83.9 Å². The van der Waals surface area contributed by atoms with Crippen LogP contribution in [0.25, 0.3) is 0 Å². The highest BCUT2D eigenvalue weighted by atomic mass is 16.6. The first-order chi connectivity index (χ1) is 15.4. The van der Waals surface area contributed by atoms with E-state index < -0.39 is 23.6 Å². The number of rotatable bonds is 7. The fourth-order valence-electron chi connectivity index (χ4n) is 4.13. The van der Waals surface area contributed by atoms with Crippen molar-refractivity contribution in [1.29, 1.82) is 0 Å². The van der Waals surface area contributed by atoms with Crippen molar-refractivity contribution in [3.05, 3.63) is 29.3 Å². The molecule has 2 rings (SSSR count). The molecule has 0 aliphatic heterocycles. The van der Waals surface area contributed by atoms with Gasteiger partial charge in [-0.3, -0.25) is 9.59 Å². The minimum absolute atomic E-state index is 0.0140. The smallest absolute Gasteiger partial charge is 0.408 e. The highest BCUT2D eigenvalue weighted by Crippen LogP contribution is 2.33. The Hall–Kier alpha value is -2.77. The Bertz CT molecular complexity index is 841. The zero-order valence-corrected chi connectivity index (χ0v) is 20.7. The summed E-state index contributed by atoms with van der Waals surface area (Å²) in [5.74, 6) is -0.789. The highest BCUT2D eigenvalue weighted by molar-refractivity contribution is 5.91. The summed E-state index contributed by atoms with van der Waals surface area (Å²) >= 11 is 0. The summed E-state index contributed by atoms with van der Waals surface area (Å²) in [6.45, 7) is 10.2. The normalized spacial score (nSPS) is 15.6. The molecule has 0 aromatic heterocycles. The molecule has 1 atom stereocenters. The lowest BCUT2D eigenvalue weighted by Crippen LogP contribution is -2.52. The van der Waals surface area contributed by atoms with Gasteiger partial charge in [-0.25, -0.2) is 4.79 Å². The Balaban J connectivity index is 2.32. The van der Waals surface area contributed by atoms with E-state index in [1.54, 1.807) is 59.7 Å². The van der Waals surface area contributed by atoms with E-state index in [2.05, 4.69) is 10.6 Å². The molecule has 1 aliphatic carbocycles. The van der Waals surface area contributed by atoms with Crippen LogP contribution in [0.15, 0.2) is 18.2 Å². The van der Waals surface area contributed by atoms with Crippen molar-refractivity contribution in [2.75, 3.05) is 6.54 Å². The van der Waals surface area contributed by atoms with Crippen LogP contribution < -0.4 is 10.6 Å². The minimum atomic E-state index is -1.03. The third-order valence-electron chi connectivity index (χ3n) is 5.67. The molecule has 1 unspecified atom stereocenters. The molecule has 0 heterocycles. The largest absolute Gasteiger partial charge is 0.507 e. The summed E-state index contributed by atoms with van der Waals surface area (Å²) < 4.78 is 5.22. The van der Waals surface area contributed by atoms with Crippen LogP contribution in [0.4, 0.5) is 4.79 Å². The van der Waals surface area contributed by atoms with E-state index in [1.807, 2.05) is 0 Å². The van der Waals surface area contributed by atoms with Gasteiger partial charge >= 0.3 is 6.09 Å². The Morgan fingerprint density at radius 1 is 1.15 bits per heavy atom. The Kier molecular flexibility index (Phi) is 9.14. The quantitative estimate of drug-likeness (QED) is 0.570. The molecule has 0 radical (unpaired) electrons. The van der Waals surface area contributed by atoms with E-state index in [0.717, 1.165) is 32.1 Å². The average molecular weight is 462 g/mol. The van der Waals surface area contributed by atoms with Crippen molar-refractivity contribution >= 4 is 17.9 Å². The number of phenols is 1. The molecule has 8 nitrogen and oxygen atoms in total. The van der Waals surface area contributed by atoms with E-state index >= 15 is 0 Å². The van der Waals surface area contributed by atoms with Crippen molar-refractivity contribution in [1.82, 2.24) is 15.5 Å². The van der Waals surface area contributed by atoms with Crippen molar-refractivity contribution in [3.63, 3.8) is 0 Å². The average Bonchev–Trinajstić information content (AvgIpc) is 2.71. The molecule has 3 amide bonds. The first-order valence-electron chi connectivity index (χ1n) is 11.8. The number of amides is 3.